The minimum Gasteiger partial charge on any atom is -0.333 e. The lowest BCUT2D eigenvalue weighted by Gasteiger charge is -2.06. The molecule has 3 heteroatoms. The predicted octanol–water partition coefficient (Wildman–Crippen LogP) is 2.75. The molecule has 0 saturated carbocycles. The maximum atomic E-state index is 8.64. The topological polar surface area (TPSA) is 41.6 Å². The van der Waals surface area contributed by atoms with E-state index in [0.717, 1.165) is 12.2 Å². The number of imidazole rings is 1. The zero-order chi connectivity index (χ0) is 11.1. The summed E-state index contributed by atoms with van der Waals surface area (Å²) in [6.07, 6.45) is 1.73. The molecule has 0 aromatic carbocycles. The van der Waals surface area contributed by atoms with E-state index in [9.17, 15) is 0 Å². The normalized spacial score (nSPS) is 9.21. The molecule has 1 aromatic rings. The van der Waals surface area contributed by atoms with E-state index in [2.05, 4.69) is 24.9 Å². The van der Waals surface area contributed by atoms with Crippen molar-refractivity contribution in [3.8, 4) is 6.07 Å². The summed E-state index contributed by atoms with van der Waals surface area (Å²) in [5, 5.41) is 8.64. The quantitative estimate of drug-likeness (QED) is 0.724. The highest BCUT2D eigenvalue weighted by Crippen LogP contribution is 2.07. The highest BCUT2D eigenvalue weighted by molar-refractivity contribution is 5.25. The molecule has 0 bridgehead atoms. The molecule has 0 unspecified atom stereocenters. The van der Waals surface area contributed by atoms with Crippen molar-refractivity contribution < 1.29 is 0 Å². The second kappa shape index (κ2) is 6.20. The summed E-state index contributed by atoms with van der Waals surface area (Å²) < 4.78 is 2.02. The van der Waals surface area contributed by atoms with E-state index in [0.29, 0.717) is 11.6 Å². The zero-order valence-electron chi connectivity index (χ0n) is 9.70. The Morgan fingerprint density at radius 1 is 1.50 bits per heavy atom. The Kier molecular flexibility index (Phi) is 5.62. The Morgan fingerprint density at radius 3 is 2.43 bits per heavy atom. The van der Waals surface area contributed by atoms with Crippen LogP contribution in [0.25, 0.3) is 0 Å². The van der Waals surface area contributed by atoms with Gasteiger partial charge in [-0.15, -0.1) is 0 Å². The van der Waals surface area contributed by atoms with Crippen LogP contribution in [0.1, 0.15) is 39.1 Å². The van der Waals surface area contributed by atoms with E-state index in [4.69, 9.17) is 5.26 Å². The molecule has 14 heavy (non-hydrogen) atoms. The van der Waals surface area contributed by atoms with Crippen LogP contribution in [0.15, 0.2) is 6.33 Å². The van der Waals surface area contributed by atoms with Crippen molar-refractivity contribution in [2.45, 2.75) is 41.2 Å². The number of aromatic nitrogens is 2. The molecule has 0 aliphatic heterocycles. The third-order valence-electron chi connectivity index (χ3n) is 1.77. The minimum atomic E-state index is 0.538. The summed E-state index contributed by atoms with van der Waals surface area (Å²) in [4.78, 5) is 3.99. The Balaban J connectivity index is 0.000000791. The van der Waals surface area contributed by atoms with Gasteiger partial charge in [0.05, 0.1) is 12.0 Å². The third kappa shape index (κ3) is 3.21. The van der Waals surface area contributed by atoms with Crippen LogP contribution in [0, 0.1) is 24.2 Å². The van der Waals surface area contributed by atoms with Crippen LogP contribution >= 0.6 is 0 Å². The minimum absolute atomic E-state index is 0.538. The fraction of sp³-hybridized carbons (Fsp3) is 0.636. The molecule has 1 heterocycles. The van der Waals surface area contributed by atoms with Crippen LogP contribution in [-0.4, -0.2) is 9.55 Å². The van der Waals surface area contributed by atoms with Crippen LogP contribution in [-0.2, 0) is 6.54 Å². The van der Waals surface area contributed by atoms with Crippen molar-refractivity contribution in [3.05, 3.63) is 17.7 Å². The number of nitriles is 1. The largest absolute Gasteiger partial charge is 0.333 e. The third-order valence-corrected chi connectivity index (χ3v) is 1.77. The molecule has 0 fully saturated rings. The molecule has 0 radical (unpaired) electrons. The SMILES string of the molecule is CC.Cc1c(C#N)ncn1CC(C)C. The first kappa shape index (κ1) is 12.7. The Labute approximate surface area is 86.4 Å². The molecule has 78 valence electrons. The number of nitrogens with zero attached hydrogens (tertiary/aromatic N) is 3. The van der Waals surface area contributed by atoms with Crippen molar-refractivity contribution in [3.63, 3.8) is 0 Å². The fourth-order valence-corrected chi connectivity index (χ4v) is 1.13. The van der Waals surface area contributed by atoms with Crippen molar-refractivity contribution in [1.82, 2.24) is 9.55 Å². The van der Waals surface area contributed by atoms with Gasteiger partial charge in [0.1, 0.15) is 6.07 Å². The average Bonchev–Trinajstić information content (AvgIpc) is 2.50. The Bertz CT molecular complexity index is 305. The van der Waals surface area contributed by atoms with Crippen molar-refractivity contribution in [2.75, 3.05) is 0 Å². The molecular weight excluding hydrogens is 174 g/mol. The van der Waals surface area contributed by atoms with Gasteiger partial charge in [-0.05, 0) is 12.8 Å². The first-order valence-corrected chi connectivity index (χ1v) is 5.07. The van der Waals surface area contributed by atoms with E-state index < -0.39 is 0 Å². The van der Waals surface area contributed by atoms with E-state index >= 15 is 0 Å². The smallest absolute Gasteiger partial charge is 0.161 e. The lowest BCUT2D eigenvalue weighted by atomic mass is 10.2. The molecule has 1 rings (SSSR count). The number of hydrogen-bond acceptors (Lipinski definition) is 2. The lowest BCUT2D eigenvalue weighted by molar-refractivity contribution is 0.515. The monoisotopic (exact) mass is 193 g/mol. The van der Waals surface area contributed by atoms with E-state index in [1.807, 2.05) is 25.3 Å². The summed E-state index contributed by atoms with van der Waals surface area (Å²) in [6.45, 7) is 11.1. The first-order valence-electron chi connectivity index (χ1n) is 5.07. The fourth-order valence-electron chi connectivity index (χ4n) is 1.13. The van der Waals surface area contributed by atoms with Crippen LogP contribution in [0.4, 0.5) is 0 Å². The lowest BCUT2D eigenvalue weighted by Crippen LogP contribution is -2.04. The van der Waals surface area contributed by atoms with Gasteiger partial charge in [0.2, 0.25) is 0 Å². The highest BCUT2D eigenvalue weighted by atomic mass is 15.1. The van der Waals surface area contributed by atoms with Crippen molar-refractivity contribution in [2.24, 2.45) is 5.92 Å². The summed E-state index contributed by atoms with van der Waals surface area (Å²) in [5.41, 5.74) is 1.50. The zero-order valence-corrected chi connectivity index (χ0v) is 9.70. The number of rotatable bonds is 2. The second-order valence-corrected chi connectivity index (χ2v) is 3.34. The van der Waals surface area contributed by atoms with Gasteiger partial charge in [-0.1, -0.05) is 27.7 Å². The summed E-state index contributed by atoms with van der Waals surface area (Å²) in [7, 11) is 0. The molecular formula is C11H19N3. The molecule has 0 amide bonds. The van der Waals surface area contributed by atoms with Gasteiger partial charge >= 0.3 is 0 Å². The van der Waals surface area contributed by atoms with Gasteiger partial charge in [-0.25, -0.2) is 4.98 Å². The van der Waals surface area contributed by atoms with Gasteiger partial charge in [0.25, 0.3) is 0 Å². The Hall–Kier alpha value is -1.30. The molecule has 0 N–H and O–H groups in total. The molecule has 0 spiro atoms. The van der Waals surface area contributed by atoms with E-state index in [-0.39, 0.29) is 0 Å². The number of hydrogen-bond donors (Lipinski definition) is 0. The van der Waals surface area contributed by atoms with Gasteiger partial charge < -0.3 is 4.57 Å². The first-order chi connectivity index (χ1) is 6.65. The van der Waals surface area contributed by atoms with E-state index in [1.54, 1.807) is 6.33 Å². The van der Waals surface area contributed by atoms with Gasteiger partial charge in [-0.3, -0.25) is 0 Å². The van der Waals surface area contributed by atoms with Crippen LogP contribution in [0.2, 0.25) is 0 Å². The van der Waals surface area contributed by atoms with Crippen molar-refractivity contribution >= 4 is 0 Å². The van der Waals surface area contributed by atoms with Crippen LogP contribution < -0.4 is 0 Å². The molecule has 0 aliphatic rings. The maximum absolute atomic E-state index is 8.64. The molecule has 3 nitrogen and oxygen atoms in total. The Morgan fingerprint density at radius 2 is 2.07 bits per heavy atom. The maximum Gasteiger partial charge on any atom is 0.161 e. The van der Waals surface area contributed by atoms with Gasteiger partial charge in [0, 0.05) is 6.54 Å². The van der Waals surface area contributed by atoms with Gasteiger partial charge in [0.15, 0.2) is 5.69 Å². The summed E-state index contributed by atoms with van der Waals surface area (Å²) >= 11 is 0. The second-order valence-electron chi connectivity index (χ2n) is 3.34. The van der Waals surface area contributed by atoms with Crippen LogP contribution in [0.3, 0.4) is 0 Å². The van der Waals surface area contributed by atoms with E-state index in [1.165, 1.54) is 0 Å². The molecule has 0 atom stereocenters. The molecule has 0 saturated heterocycles. The summed E-state index contributed by atoms with van der Waals surface area (Å²) in [6, 6.07) is 2.06. The standard InChI is InChI=1S/C9H13N3.C2H6/c1-7(2)5-12-6-11-9(4-10)8(12)3;1-2/h6-7H,5H2,1-3H3;1-2H3. The predicted molar refractivity (Wildman–Crippen MR) is 57.9 cm³/mol. The van der Waals surface area contributed by atoms with Gasteiger partial charge in [-0.2, -0.15) is 5.26 Å². The summed E-state index contributed by atoms with van der Waals surface area (Å²) in [5.74, 6) is 0.587. The van der Waals surface area contributed by atoms with Crippen LogP contribution in [0.5, 0.6) is 0 Å². The van der Waals surface area contributed by atoms with Crippen molar-refractivity contribution in [1.29, 1.82) is 5.26 Å². The molecule has 1 aromatic heterocycles. The average molecular weight is 193 g/mol. The highest BCUT2D eigenvalue weighted by Gasteiger charge is 2.05. The molecule has 0 aliphatic carbocycles.